The van der Waals surface area contributed by atoms with Gasteiger partial charge in [0.05, 0.1) is 5.02 Å². The molecule has 19 heavy (non-hydrogen) atoms. The van der Waals surface area contributed by atoms with Crippen LogP contribution >= 0.6 is 23.2 Å². The molecule has 0 heterocycles. The number of Topliss-reactive ketones (excluding diaryl/α,β-unsaturated/α-hetero) is 1. The number of aliphatic hydroxyl groups is 1. The topological polar surface area (TPSA) is 37.3 Å². The average Bonchev–Trinajstić information content (AvgIpc) is 2.38. The van der Waals surface area contributed by atoms with Crippen molar-refractivity contribution in [2.24, 2.45) is 0 Å². The first-order valence-corrected chi connectivity index (χ1v) is 6.48. The second kappa shape index (κ2) is 5.74. The van der Waals surface area contributed by atoms with Gasteiger partial charge in [0.2, 0.25) is 0 Å². The van der Waals surface area contributed by atoms with E-state index in [1.807, 2.05) is 19.1 Å². The number of ketones is 1. The number of hydrogen-bond acceptors (Lipinski definition) is 2. The lowest BCUT2D eigenvalue weighted by Crippen LogP contribution is -2.12. The van der Waals surface area contributed by atoms with E-state index in [0.717, 1.165) is 5.56 Å². The molecule has 2 nitrogen and oxygen atoms in total. The standard InChI is InChI=1S/C15H12Cl2O2/c1-9-2-4-10(5-3-9)14(18)15(19)12-7-6-11(16)8-13(12)17/h2-8,14,18H,1H3. The minimum absolute atomic E-state index is 0.240. The summed E-state index contributed by atoms with van der Waals surface area (Å²) in [6.45, 7) is 1.94. The van der Waals surface area contributed by atoms with Crippen LogP contribution in [0.15, 0.2) is 42.5 Å². The highest BCUT2D eigenvalue weighted by atomic mass is 35.5. The molecule has 0 radical (unpaired) electrons. The van der Waals surface area contributed by atoms with Gasteiger partial charge in [0.15, 0.2) is 5.78 Å². The van der Waals surface area contributed by atoms with Crippen LogP contribution < -0.4 is 0 Å². The van der Waals surface area contributed by atoms with Crippen LogP contribution in [-0.2, 0) is 0 Å². The Bertz CT molecular complexity index is 606. The summed E-state index contributed by atoms with van der Waals surface area (Å²) in [6.07, 6.45) is -1.22. The molecule has 1 unspecified atom stereocenters. The van der Waals surface area contributed by atoms with E-state index in [1.165, 1.54) is 12.1 Å². The molecule has 0 saturated carbocycles. The summed E-state index contributed by atoms with van der Waals surface area (Å²) in [4.78, 5) is 12.2. The summed E-state index contributed by atoms with van der Waals surface area (Å²) in [6, 6.07) is 11.7. The first-order chi connectivity index (χ1) is 8.99. The average molecular weight is 295 g/mol. The fourth-order valence-electron chi connectivity index (χ4n) is 1.74. The predicted molar refractivity (Wildman–Crippen MR) is 76.9 cm³/mol. The maximum atomic E-state index is 12.2. The van der Waals surface area contributed by atoms with E-state index in [0.29, 0.717) is 10.6 Å². The second-order valence-corrected chi connectivity index (χ2v) is 5.15. The Labute approximate surface area is 121 Å². The van der Waals surface area contributed by atoms with Crippen LogP contribution in [0, 0.1) is 6.92 Å². The zero-order valence-corrected chi connectivity index (χ0v) is 11.7. The van der Waals surface area contributed by atoms with E-state index in [-0.39, 0.29) is 10.6 Å². The Hall–Kier alpha value is -1.35. The van der Waals surface area contributed by atoms with E-state index in [1.54, 1.807) is 18.2 Å². The van der Waals surface area contributed by atoms with E-state index in [9.17, 15) is 9.90 Å². The van der Waals surface area contributed by atoms with Gasteiger partial charge in [-0.2, -0.15) is 0 Å². The van der Waals surface area contributed by atoms with Crippen molar-refractivity contribution in [1.82, 2.24) is 0 Å². The molecule has 1 N–H and O–H groups in total. The third-order valence-electron chi connectivity index (χ3n) is 2.84. The lowest BCUT2D eigenvalue weighted by atomic mass is 9.99. The van der Waals surface area contributed by atoms with Gasteiger partial charge in [-0.05, 0) is 30.7 Å². The molecule has 0 aliphatic heterocycles. The molecular weight excluding hydrogens is 283 g/mol. The van der Waals surface area contributed by atoms with Gasteiger partial charge in [-0.1, -0.05) is 53.0 Å². The molecular formula is C15H12Cl2O2. The van der Waals surface area contributed by atoms with Crippen LogP contribution in [0.4, 0.5) is 0 Å². The van der Waals surface area contributed by atoms with E-state index >= 15 is 0 Å². The Morgan fingerprint density at radius 3 is 2.32 bits per heavy atom. The van der Waals surface area contributed by atoms with Crippen molar-refractivity contribution in [2.75, 3.05) is 0 Å². The Kier molecular flexibility index (Phi) is 4.25. The largest absolute Gasteiger partial charge is 0.380 e. The van der Waals surface area contributed by atoms with E-state index in [4.69, 9.17) is 23.2 Å². The molecule has 4 heteroatoms. The van der Waals surface area contributed by atoms with Crippen molar-refractivity contribution >= 4 is 29.0 Å². The van der Waals surface area contributed by atoms with Crippen molar-refractivity contribution in [3.63, 3.8) is 0 Å². The molecule has 0 fully saturated rings. The van der Waals surface area contributed by atoms with Crippen LogP contribution in [0.25, 0.3) is 0 Å². The van der Waals surface area contributed by atoms with E-state index in [2.05, 4.69) is 0 Å². The molecule has 0 bridgehead atoms. The maximum absolute atomic E-state index is 12.2. The molecule has 0 amide bonds. The third kappa shape index (κ3) is 3.16. The molecule has 0 saturated heterocycles. The number of rotatable bonds is 3. The Morgan fingerprint density at radius 2 is 1.74 bits per heavy atom. The van der Waals surface area contributed by atoms with E-state index < -0.39 is 11.9 Å². The minimum Gasteiger partial charge on any atom is -0.380 e. The number of carbonyl (C=O) groups excluding carboxylic acids is 1. The highest BCUT2D eigenvalue weighted by Crippen LogP contribution is 2.26. The lowest BCUT2D eigenvalue weighted by molar-refractivity contribution is 0.0747. The number of benzene rings is 2. The summed E-state index contributed by atoms with van der Waals surface area (Å²) in [5.41, 5.74) is 1.87. The smallest absolute Gasteiger partial charge is 0.197 e. The molecule has 2 rings (SSSR count). The monoisotopic (exact) mass is 294 g/mol. The van der Waals surface area contributed by atoms with Gasteiger partial charge in [0.25, 0.3) is 0 Å². The lowest BCUT2D eigenvalue weighted by Gasteiger charge is -2.11. The molecule has 2 aromatic rings. The fourth-order valence-corrected chi connectivity index (χ4v) is 2.24. The summed E-state index contributed by atoms with van der Waals surface area (Å²) in [5.74, 6) is -0.439. The van der Waals surface area contributed by atoms with Crippen molar-refractivity contribution < 1.29 is 9.90 Å². The molecule has 98 valence electrons. The fraction of sp³-hybridized carbons (Fsp3) is 0.133. The van der Waals surface area contributed by atoms with Gasteiger partial charge in [-0.15, -0.1) is 0 Å². The third-order valence-corrected chi connectivity index (χ3v) is 3.39. The molecule has 1 atom stereocenters. The van der Waals surface area contributed by atoms with Gasteiger partial charge in [-0.25, -0.2) is 0 Å². The van der Waals surface area contributed by atoms with Gasteiger partial charge >= 0.3 is 0 Å². The summed E-state index contributed by atoms with van der Waals surface area (Å²) in [5, 5.41) is 10.8. The quantitative estimate of drug-likeness (QED) is 0.861. The normalized spacial score (nSPS) is 12.2. The highest BCUT2D eigenvalue weighted by Gasteiger charge is 2.21. The van der Waals surface area contributed by atoms with Gasteiger partial charge in [-0.3, -0.25) is 4.79 Å². The molecule has 0 spiro atoms. The first-order valence-electron chi connectivity index (χ1n) is 5.73. The van der Waals surface area contributed by atoms with Crippen molar-refractivity contribution in [2.45, 2.75) is 13.0 Å². The van der Waals surface area contributed by atoms with Gasteiger partial charge < -0.3 is 5.11 Å². The summed E-state index contributed by atoms with van der Waals surface area (Å²) >= 11 is 11.7. The van der Waals surface area contributed by atoms with Gasteiger partial charge in [0.1, 0.15) is 6.10 Å². The number of aryl methyl sites for hydroxylation is 1. The molecule has 0 aromatic heterocycles. The van der Waals surface area contributed by atoms with Crippen molar-refractivity contribution in [1.29, 1.82) is 0 Å². The summed E-state index contributed by atoms with van der Waals surface area (Å²) < 4.78 is 0. The molecule has 0 aliphatic rings. The number of halogens is 2. The van der Waals surface area contributed by atoms with Crippen LogP contribution in [0.5, 0.6) is 0 Å². The van der Waals surface area contributed by atoms with Crippen molar-refractivity contribution in [3.8, 4) is 0 Å². The molecule has 2 aromatic carbocycles. The number of aliphatic hydroxyl groups excluding tert-OH is 1. The number of hydrogen-bond donors (Lipinski definition) is 1. The van der Waals surface area contributed by atoms with Crippen LogP contribution in [0.2, 0.25) is 10.0 Å². The highest BCUT2D eigenvalue weighted by molar-refractivity contribution is 6.37. The molecule has 0 aliphatic carbocycles. The SMILES string of the molecule is Cc1ccc(C(O)C(=O)c2ccc(Cl)cc2Cl)cc1. The second-order valence-electron chi connectivity index (χ2n) is 4.30. The van der Waals surface area contributed by atoms with Gasteiger partial charge in [0, 0.05) is 10.6 Å². The summed E-state index contributed by atoms with van der Waals surface area (Å²) in [7, 11) is 0. The maximum Gasteiger partial charge on any atom is 0.197 e. The first kappa shape index (κ1) is 14.1. The Morgan fingerprint density at radius 1 is 1.11 bits per heavy atom. The Balaban J connectivity index is 2.30. The zero-order chi connectivity index (χ0) is 14.0. The van der Waals surface area contributed by atoms with Crippen LogP contribution in [-0.4, -0.2) is 10.9 Å². The predicted octanol–water partition coefficient (Wildman–Crippen LogP) is 4.22. The van der Waals surface area contributed by atoms with Crippen molar-refractivity contribution in [3.05, 3.63) is 69.2 Å². The van der Waals surface area contributed by atoms with Crippen LogP contribution in [0.1, 0.15) is 27.6 Å². The zero-order valence-electron chi connectivity index (χ0n) is 10.2. The number of carbonyl (C=O) groups is 1. The van der Waals surface area contributed by atoms with Crippen LogP contribution in [0.3, 0.4) is 0 Å². The minimum atomic E-state index is -1.22.